The lowest BCUT2D eigenvalue weighted by atomic mass is 9.92. The van der Waals surface area contributed by atoms with Gasteiger partial charge in [0, 0.05) is 25.2 Å². The summed E-state index contributed by atoms with van der Waals surface area (Å²) in [5.74, 6) is 0.183. The van der Waals surface area contributed by atoms with E-state index in [1.807, 2.05) is 4.90 Å². The van der Waals surface area contributed by atoms with E-state index in [4.69, 9.17) is 17.3 Å². The third-order valence-electron chi connectivity index (χ3n) is 4.86. The Labute approximate surface area is 154 Å². The van der Waals surface area contributed by atoms with Gasteiger partial charge < -0.3 is 15.7 Å². The van der Waals surface area contributed by atoms with E-state index in [-0.39, 0.29) is 11.6 Å². The number of aliphatic hydroxyl groups is 1. The minimum atomic E-state index is -0.802. The fourth-order valence-electron chi connectivity index (χ4n) is 3.18. The molecule has 7 nitrogen and oxygen atoms in total. The van der Waals surface area contributed by atoms with Crippen molar-refractivity contribution < 1.29 is 9.50 Å². The van der Waals surface area contributed by atoms with Crippen molar-refractivity contribution in [3.8, 4) is 11.3 Å². The topological polar surface area (TPSA) is 104 Å². The summed E-state index contributed by atoms with van der Waals surface area (Å²) in [7, 11) is 0. The van der Waals surface area contributed by atoms with Crippen molar-refractivity contribution in [2.24, 2.45) is 5.73 Å². The van der Waals surface area contributed by atoms with Crippen LogP contribution in [0.15, 0.2) is 24.4 Å². The Morgan fingerprint density at radius 3 is 2.85 bits per heavy atom. The maximum atomic E-state index is 13.7. The number of aromatic amines is 1. The number of piperidine rings is 1. The van der Waals surface area contributed by atoms with E-state index in [1.165, 1.54) is 6.07 Å². The monoisotopic (exact) mass is 376 g/mol. The van der Waals surface area contributed by atoms with Gasteiger partial charge in [0.1, 0.15) is 22.8 Å². The van der Waals surface area contributed by atoms with Gasteiger partial charge in [0.2, 0.25) is 0 Å². The molecule has 1 aliphatic heterocycles. The number of hydrogen-bond donors (Lipinski definition) is 3. The van der Waals surface area contributed by atoms with E-state index in [2.05, 4.69) is 20.2 Å². The van der Waals surface area contributed by atoms with E-state index in [9.17, 15) is 9.50 Å². The van der Waals surface area contributed by atoms with E-state index < -0.39 is 11.4 Å². The molecule has 4 N–H and O–H groups in total. The van der Waals surface area contributed by atoms with E-state index >= 15 is 0 Å². The van der Waals surface area contributed by atoms with Crippen LogP contribution in [-0.4, -0.2) is 50.5 Å². The third-order valence-corrected chi connectivity index (χ3v) is 5.25. The van der Waals surface area contributed by atoms with Crippen molar-refractivity contribution in [3.63, 3.8) is 0 Å². The van der Waals surface area contributed by atoms with Crippen LogP contribution < -0.4 is 10.6 Å². The predicted octanol–water partition coefficient (Wildman–Crippen LogP) is 2.10. The van der Waals surface area contributed by atoms with Crippen LogP contribution >= 0.6 is 11.6 Å². The molecule has 136 valence electrons. The molecule has 0 amide bonds. The molecule has 0 radical (unpaired) electrons. The first-order valence-corrected chi connectivity index (χ1v) is 8.71. The predicted molar refractivity (Wildman–Crippen MR) is 97.5 cm³/mol. The molecular weight excluding hydrogens is 359 g/mol. The number of rotatable bonds is 3. The highest BCUT2D eigenvalue weighted by molar-refractivity contribution is 6.33. The summed E-state index contributed by atoms with van der Waals surface area (Å²) in [4.78, 5) is 11.1. The summed E-state index contributed by atoms with van der Waals surface area (Å²) in [6.07, 6.45) is 2.81. The Morgan fingerprint density at radius 2 is 2.12 bits per heavy atom. The molecule has 0 bridgehead atoms. The minimum absolute atomic E-state index is 0.00359. The van der Waals surface area contributed by atoms with Gasteiger partial charge in [-0.15, -0.1) is 0 Å². The zero-order valence-corrected chi connectivity index (χ0v) is 14.7. The summed E-state index contributed by atoms with van der Waals surface area (Å²) < 4.78 is 13.7. The Kier molecular flexibility index (Phi) is 4.26. The maximum absolute atomic E-state index is 13.7. The number of halogens is 2. The van der Waals surface area contributed by atoms with Gasteiger partial charge in [-0.25, -0.2) is 14.4 Å². The van der Waals surface area contributed by atoms with E-state index in [0.29, 0.717) is 54.2 Å². The van der Waals surface area contributed by atoms with Gasteiger partial charge in [-0.1, -0.05) is 23.7 Å². The first-order valence-electron chi connectivity index (χ1n) is 8.34. The average molecular weight is 377 g/mol. The van der Waals surface area contributed by atoms with Crippen LogP contribution in [0.1, 0.15) is 12.8 Å². The molecule has 1 fully saturated rings. The summed E-state index contributed by atoms with van der Waals surface area (Å²) in [5.41, 5.74) is 6.77. The van der Waals surface area contributed by atoms with Gasteiger partial charge in [-0.05, 0) is 18.9 Å². The van der Waals surface area contributed by atoms with Crippen LogP contribution in [0.5, 0.6) is 0 Å². The Bertz CT molecular complexity index is 954. The van der Waals surface area contributed by atoms with Crippen LogP contribution in [-0.2, 0) is 0 Å². The third kappa shape index (κ3) is 2.90. The van der Waals surface area contributed by atoms with E-state index in [1.54, 1.807) is 18.3 Å². The Hall–Kier alpha value is -2.29. The number of aromatic nitrogens is 4. The number of benzene rings is 1. The highest BCUT2D eigenvalue weighted by atomic mass is 35.5. The van der Waals surface area contributed by atoms with Crippen LogP contribution in [0, 0.1) is 5.82 Å². The molecular formula is C17H18ClFN6O. The van der Waals surface area contributed by atoms with Gasteiger partial charge in [-0.3, -0.25) is 5.10 Å². The van der Waals surface area contributed by atoms with Gasteiger partial charge in [0.05, 0.1) is 16.8 Å². The van der Waals surface area contributed by atoms with E-state index in [0.717, 1.165) is 0 Å². The molecule has 0 aliphatic carbocycles. The normalized spacial score (nSPS) is 17.0. The second-order valence-electron chi connectivity index (χ2n) is 6.51. The minimum Gasteiger partial charge on any atom is -0.388 e. The largest absolute Gasteiger partial charge is 0.388 e. The zero-order valence-electron chi connectivity index (χ0n) is 13.9. The molecule has 1 aliphatic rings. The fraction of sp³-hybridized carbons (Fsp3) is 0.353. The molecule has 3 heterocycles. The SMILES string of the molecule is NCC1(O)CCN(c2cnc3c(-c4cccc(F)c4Cl)n[nH]c3n2)CC1. The lowest BCUT2D eigenvalue weighted by molar-refractivity contribution is 0.0249. The zero-order chi connectivity index (χ0) is 18.3. The Morgan fingerprint density at radius 1 is 1.35 bits per heavy atom. The molecule has 0 atom stereocenters. The molecule has 2 aromatic heterocycles. The highest BCUT2D eigenvalue weighted by Gasteiger charge is 2.31. The lowest BCUT2D eigenvalue weighted by Gasteiger charge is -2.37. The van der Waals surface area contributed by atoms with Crippen molar-refractivity contribution in [1.29, 1.82) is 0 Å². The van der Waals surface area contributed by atoms with Crippen molar-refractivity contribution in [2.45, 2.75) is 18.4 Å². The van der Waals surface area contributed by atoms with Crippen LogP contribution in [0.2, 0.25) is 5.02 Å². The number of H-pyrrole nitrogens is 1. The number of nitrogens with one attached hydrogen (secondary N) is 1. The summed E-state index contributed by atoms with van der Waals surface area (Å²) >= 11 is 6.06. The summed E-state index contributed by atoms with van der Waals surface area (Å²) in [6, 6.07) is 4.56. The molecule has 4 rings (SSSR count). The summed E-state index contributed by atoms with van der Waals surface area (Å²) in [6.45, 7) is 1.54. The van der Waals surface area contributed by atoms with Crippen LogP contribution in [0.25, 0.3) is 22.4 Å². The number of fused-ring (bicyclic) bond motifs is 1. The Balaban J connectivity index is 1.65. The van der Waals surface area contributed by atoms with Crippen molar-refractivity contribution in [1.82, 2.24) is 20.2 Å². The van der Waals surface area contributed by atoms with Crippen molar-refractivity contribution in [3.05, 3.63) is 35.2 Å². The van der Waals surface area contributed by atoms with Gasteiger partial charge in [-0.2, -0.15) is 5.10 Å². The van der Waals surface area contributed by atoms with Gasteiger partial charge >= 0.3 is 0 Å². The van der Waals surface area contributed by atoms with Crippen LogP contribution in [0.4, 0.5) is 10.2 Å². The number of hydrogen-bond acceptors (Lipinski definition) is 6. The molecule has 0 saturated carbocycles. The summed E-state index contributed by atoms with van der Waals surface area (Å²) in [5, 5.41) is 17.3. The average Bonchev–Trinajstić information content (AvgIpc) is 3.07. The second-order valence-corrected chi connectivity index (χ2v) is 6.89. The number of nitrogens with zero attached hydrogens (tertiary/aromatic N) is 4. The number of anilines is 1. The molecule has 1 aromatic carbocycles. The maximum Gasteiger partial charge on any atom is 0.177 e. The molecule has 0 unspecified atom stereocenters. The molecule has 9 heteroatoms. The van der Waals surface area contributed by atoms with Crippen LogP contribution in [0.3, 0.4) is 0 Å². The molecule has 3 aromatic rings. The number of nitrogens with two attached hydrogens (primary N) is 1. The van der Waals surface area contributed by atoms with Gasteiger partial charge in [0.25, 0.3) is 0 Å². The standard InChI is InChI=1S/C17H18ClFN6O/c18-13-10(2-1-3-11(13)19)14-15-16(24-23-14)22-12(8-21-15)25-6-4-17(26,9-20)5-7-25/h1-3,8,26H,4-7,9,20H2,(H,22,23,24). The second kappa shape index (κ2) is 6.46. The van der Waals surface area contributed by atoms with Crippen molar-refractivity contribution >= 4 is 28.6 Å². The van der Waals surface area contributed by atoms with Crippen molar-refractivity contribution in [2.75, 3.05) is 24.5 Å². The first-order chi connectivity index (χ1) is 12.5. The molecule has 0 spiro atoms. The molecule has 26 heavy (non-hydrogen) atoms. The van der Waals surface area contributed by atoms with Gasteiger partial charge in [0.15, 0.2) is 5.65 Å². The fourth-order valence-corrected chi connectivity index (χ4v) is 3.39. The quantitative estimate of drug-likeness (QED) is 0.646. The molecule has 1 saturated heterocycles. The first kappa shape index (κ1) is 17.1. The smallest absolute Gasteiger partial charge is 0.177 e. The highest BCUT2D eigenvalue weighted by Crippen LogP contribution is 2.32. The lowest BCUT2D eigenvalue weighted by Crippen LogP contribution is -2.49.